The molecule has 5 nitrogen and oxygen atoms in total. The molecule has 0 atom stereocenters. The van der Waals surface area contributed by atoms with E-state index >= 15 is 0 Å². The van der Waals surface area contributed by atoms with Crippen molar-refractivity contribution in [2.24, 2.45) is 5.73 Å². The fourth-order valence-electron chi connectivity index (χ4n) is 1.65. The van der Waals surface area contributed by atoms with Gasteiger partial charge in [0.1, 0.15) is 5.75 Å². The lowest BCUT2D eigenvalue weighted by Crippen LogP contribution is -2.22. The van der Waals surface area contributed by atoms with Crippen LogP contribution in [0, 0.1) is 3.57 Å². The molecule has 0 saturated heterocycles. The second-order valence-electron chi connectivity index (χ2n) is 4.30. The Labute approximate surface area is 130 Å². The first-order valence-electron chi connectivity index (χ1n) is 6.33. The fourth-order valence-corrected chi connectivity index (χ4v) is 2.01. The molecule has 0 aliphatic rings. The first-order chi connectivity index (χ1) is 9.69. The molecule has 106 valence electrons. The van der Waals surface area contributed by atoms with E-state index in [0.717, 1.165) is 15.6 Å². The van der Waals surface area contributed by atoms with Gasteiger partial charge in [0.2, 0.25) is 0 Å². The van der Waals surface area contributed by atoms with Crippen LogP contribution in [0.1, 0.15) is 12.0 Å². The maximum absolute atomic E-state index is 11.9. The monoisotopic (exact) mass is 385 g/mol. The number of benzene rings is 1. The van der Waals surface area contributed by atoms with Crippen molar-refractivity contribution in [3.63, 3.8) is 0 Å². The third-order valence-electron chi connectivity index (χ3n) is 2.71. The van der Waals surface area contributed by atoms with Crippen LogP contribution in [-0.2, 0) is 6.54 Å². The summed E-state index contributed by atoms with van der Waals surface area (Å²) < 4.78 is 7.97. The maximum atomic E-state index is 11.9. The summed E-state index contributed by atoms with van der Waals surface area (Å²) in [5.74, 6) is 0.488. The minimum absolute atomic E-state index is 0.172. The van der Waals surface area contributed by atoms with E-state index in [0.29, 0.717) is 25.4 Å². The van der Waals surface area contributed by atoms with E-state index in [4.69, 9.17) is 10.5 Å². The Morgan fingerprint density at radius 2 is 2.05 bits per heavy atom. The molecular weight excluding hydrogens is 369 g/mol. The highest BCUT2D eigenvalue weighted by Crippen LogP contribution is 2.08. The van der Waals surface area contributed by atoms with Crippen molar-refractivity contribution >= 4 is 22.6 Å². The number of halogens is 1. The molecule has 0 bridgehead atoms. The van der Waals surface area contributed by atoms with Crippen molar-refractivity contribution in [2.45, 2.75) is 13.0 Å². The van der Waals surface area contributed by atoms with Gasteiger partial charge in [-0.2, -0.15) is 5.10 Å². The highest BCUT2D eigenvalue weighted by Gasteiger charge is 2.02. The highest BCUT2D eigenvalue weighted by atomic mass is 127. The van der Waals surface area contributed by atoms with E-state index in [2.05, 4.69) is 27.7 Å². The largest absolute Gasteiger partial charge is 0.492 e. The second kappa shape index (κ2) is 7.39. The molecule has 20 heavy (non-hydrogen) atoms. The number of nitrogens with two attached hydrogens (primary N) is 1. The first-order valence-corrected chi connectivity index (χ1v) is 7.41. The van der Waals surface area contributed by atoms with Crippen LogP contribution >= 0.6 is 22.6 Å². The Morgan fingerprint density at radius 1 is 1.30 bits per heavy atom. The van der Waals surface area contributed by atoms with Crippen molar-refractivity contribution < 1.29 is 4.74 Å². The Kier molecular flexibility index (Phi) is 5.54. The molecule has 0 saturated carbocycles. The van der Waals surface area contributed by atoms with E-state index in [-0.39, 0.29) is 5.56 Å². The zero-order chi connectivity index (χ0) is 14.4. The third-order valence-corrected chi connectivity index (χ3v) is 3.43. The second-order valence-corrected chi connectivity index (χ2v) is 5.55. The van der Waals surface area contributed by atoms with Gasteiger partial charge in [0.15, 0.2) is 0 Å². The van der Waals surface area contributed by atoms with Crippen LogP contribution < -0.4 is 16.0 Å². The number of hydrogen-bond acceptors (Lipinski definition) is 4. The molecule has 0 unspecified atom stereocenters. The molecule has 0 amide bonds. The van der Waals surface area contributed by atoms with Gasteiger partial charge in [-0.05, 0) is 53.3 Å². The molecule has 6 heteroatoms. The summed E-state index contributed by atoms with van der Waals surface area (Å²) in [7, 11) is 0. The molecule has 1 aromatic heterocycles. The maximum Gasteiger partial charge on any atom is 0.270 e. The summed E-state index contributed by atoms with van der Waals surface area (Å²) >= 11 is 2.24. The molecular formula is C14H16IN3O2. The Hall–Kier alpha value is -1.41. The smallest absolute Gasteiger partial charge is 0.270 e. The van der Waals surface area contributed by atoms with E-state index in [1.807, 2.05) is 24.3 Å². The van der Waals surface area contributed by atoms with Gasteiger partial charge in [-0.15, -0.1) is 0 Å². The molecule has 2 rings (SSSR count). The van der Waals surface area contributed by atoms with Crippen LogP contribution in [0.25, 0.3) is 0 Å². The normalized spacial score (nSPS) is 10.5. The van der Waals surface area contributed by atoms with Gasteiger partial charge in [-0.25, -0.2) is 4.68 Å². The molecule has 0 aliphatic heterocycles. The lowest BCUT2D eigenvalue weighted by molar-refractivity contribution is 0.309. The van der Waals surface area contributed by atoms with Crippen LogP contribution in [0.2, 0.25) is 0 Å². The average Bonchev–Trinajstić information content (AvgIpc) is 2.44. The van der Waals surface area contributed by atoms with E-state index in [9.17, 15) is 4.79 Å². The van der Waals surface area contributed by atoms with Gasteiger partial charge in [0.05, 0.1) is 19.3 Å². The van der Waals surface area contributed by atoms with Gasteiger partial charge >= 0.3 is 0 Å². The quantitative estimate of drug-likeness (QED) is 0.606. The van der Waals surface area contributed by atoms with Crippen LogP contribution in [0.5, 0.6) is 5.75 Å². The van der Waals surface area contributed by atoms with Gasteiger partial charge in [0.25, 0.3) is 5.56 Å². The summed E-state index contributed by atoms with van der Waals surface area (Å²) in [6.07, 6.45) is 2.32. The standard InChI is InChI=1S/C14H16IN3O2/c15-12-4-2-11(3-5-12)10-18-14(19)8-13(9-17-18)20-7-1-6-16/h2-5,8-9H,1,6-7,10,16H2. The number of ether oxygens (including phenoxy) is 1. The van der Waals surface area contributed by atoms with E-state index in [1.54, 1.807) is 6.20 Å². The highest BCUT2D eigenvalue weighted by molar-refractivity contribution is 14.1. The Bertz CT molecular complexity index is 611. The summed E-state index contributed by atoms with van der Waals surface area (Å²) in [6, 6.07) is 9.44. The molecule has 0 spiro atoms. The van der Waals surface area contributed by atoms with Crippen molar-refractivity contribution in [3.8, 4) is 5.75 Å². The van der Waals surface area contributed by atoms with E-state index in [1.165, 1.54) is 10.7 Å². The predicted octanol–water partition coefficient (Wildman–Crippen LogP) is 1.62. The lowest BCUT2D eigenvalue weighted by Gasteiger charge is -2.07. The third kappa shape index (κ3) is 4.31. The van der Waals surface area contributed by atoms with Gasteiger partial charge < -0.3 is 10.5 Å². The predicted molar refractivity (Wildman–Crippen MR) is 85.9 cm³/mol. The Morgan fingerprint density at radius 3 is 2.70 bits per heavy atom. The zero-order valence-electron chi connectivity index (χ0n) is 11.0. The molecule has 1 heterocycles. The summed E-state index contributed by atoms with van der Waals surface area (Å²) in [4.78, 5) is 11.9. The number of rotatable bonds is 6. The molecule has 1 aromatic carbocycles. The van der Waals surface area contributed by atoms with Crippen molar-refractivity contribution in [1.82, 2.24) is 9.78 Å². The number of aromatic nitrogens is 2. The molecule has 0 radical (unpaired) electrons. The molecule has 2 N–H and O–H groups in total. The van der Waals surface area contributed by atoms with Crippen LogP contribution in [0.3, 0.4) is 0 Å². The summed E-state index contributed by atoms with van der Waals surface area (Å²) in [6.45, 7) is 1.52. The van der Waals surface area contributed by atoms with Crippen LogP contribution in [0.4, 0.5) is 0 Å². The summed E-state index contributed by atoms with van der Waals surface area (Å²) in [5.41, 5.74) is 6.25. The van der Waals surface area contributed by atoms with Gasteiger partial charge in [-0.3, -0.25) is 4.79 Å². The minimum Gasteiger partial charge on any atom is -0.492 e. The molecule has 0 aliphatic carbocycles. The topological polar surface area (TPSA) is 70.1 Å². The lowest BCUT2D eigenvalue weighted by atomic mass is 10.2. The van der Waals surface area contributed by atoms with Crippen molar-refractivity contribution in [2.75, 3.05) is 13.2 Å². The summed E-state index contributed by atoms with van der Waals surface area (Å²) in [5, 5.41) is 4.12. The molecule has 0 fully saturated rings. The van der Waals surface area contributed by atoms with Crippen LogP contribution in [0.15, 0.2) is 41.3 Å². The number of nitrogens with zero attached hydrogens (tertiary/aromatic N) is 2. The first kappa shape index (κ1) is 15.0. The zero-order valence-corrected chi connectivity index (χ0v) is 13.1. The van der Waals surface area contributed by atoms with E-state index < -0.39 is 0 Å². The van der Waals surface area contributed by atoms with Gasteiger partial charge in [0, 0.05) is 9.64 Å². The van der Waals surface area contributed by atoms with Crippen molar-refractivity contribution in [3.05, 3.63) is 56.0 Å². The van der Waals surface area contributed by atoms with Gasteiger partial charge in [-0.1, -0.05) is 12.1 Å². The van der Waals surface area contributed by atoms with Crippen molar-refractivity contribution in [1.29, 1.82) is 0 Å². The Balaban J connectivity index is 2.06. The van der Waals surface area contributed by atoms with Crippen LogP contribution in [-0.4, -0.2) is 22.9 Å². The average molecular weight is 385 g/mol. The SMILES string of the molecule is NCCCOc1cnn(Cc2ccc(I)cc2)c(=O)c1. The minimum atomic E-state index is -0.172. The number of hydrogen-bond donors (Lipinski definition) is 1. The fraction of sp³-hybridized carbons (Fsp3) is 0.286. The molecule has 2 aromatic rings.